The topological polar surface area (TPSA) is 111 Å². The third-order valence-electron chi connectivity index (χ3n) is 3.12. The van der Waals surface area contributed by atoms with Crippen LogP contribution >= 0.6 is 0 Å². The zero-order chi connectivity index (χ0) is 17.9. The molecule has 0 spiro atoms. The van der Waals surface area contributed by atoms with E-state index < -0.39 is 30.3 Å². The normalized spacial score (nSPS) is 10.1. The molecule has 0 heterocycles. The second-order valence-electron chi connectivity index (χ2n) is 5.29. The molecule has 24 heavy (non-hydrogen) atoms. The van der Waals surface area contributed by atoms with Crippen molar-refractivity contribution < 1.29 is 23.5 Å². The Labute approximate surface area is 139 Å². The van der Waals surface area contributed by atoms with E-state index in [2.05, 4.69) is 10.6 Å². The van der Waals surface area contributed by atoms with Crippen LogP contribution in [0.3, 0.4) is 0 Å². The number of urea groups is 1. The maximum absolute atomic E-state index is 13.6. The number of hydrogen-bond acceptors (Lipinski definition) is 4. The van der Waals surface area contributed by atoms with Crippen LogP contribution in [0.4, 0.5) is 14.9 Å². The predicted molar refractivity (Wildman–Crippen MR) is 86.8 cm³/mol. The Morgan fingerprint density at radius 3 is 2.62 bits per heavy atom. The molecular weight excluding hydrogens is 317 g/mol. The number of carbonyl (C=O) groups is 3. The average Bonchev–Trinajstić information content (AvgIpc) is 2.51. The van der Waals surface area contributed by atoms with Gasteiger partial charge in [0.25, 0.3) is 5.91 Å². The van der Waals surface area contributed by atoms with Gasteiger partial charge in [-0.25, -0.2) is 9.18 Å². The molecule has 7 nitrogen and oxygen atoms in total. The Kier molecular flexibility index (Phi) is 8.24. The molecule has 0 unspecified atom stereocenters. The van der Waals surface area contributed by atoms with E-state index in [-0.39, 0.29) is 12.1 Å². The highest BCUT2D eigenvalue weighted by atomic mass is 19.1. The number of esters is 1. The number of nitrogens with two attached hydrogens (primary N) is 1. The van der Waals surface area contributed by atoms with Crippen molar-refractivity contribution >= 4 is 23.6 Å². The molecule has 0 atom stereocenters. The van der Waals surface area contributed by atoms with E-state index in [4.69, 9.17) is 10.5 Å². The molecule has 1 aromatic rings. The number of anilines is 1. The molecule has 3 amide bonds. The van der Waals surface area contributed by atoms with Crippen LogP contribution in [-0.2, 0) is 14.3 Å². The highest BCUT2D eigenvalue weighted by molar-refractivity contribution is 5.92. The van der Waals surface area contributed by atoms with Crippen LogP contribution in [0.5, 0.6) is 0 Å². The molecule has 0 aliphatic rings. The number of aryl methyl sites for hydroxylation is 1. The fourth-order valence-electron chi connectivity index (χ4n) is 1.91. The molecule has 0 fully saturated rings. The van der Waals surface area contributed by atoms with Crippen molar-refractivity contribution in [3.8, 4) is 0 Å². The zero-order valence-corrected chi connectivity index (χ0v) is 13.6. The summed E-state index contributed by atoms with van der Waals surface area (Å²) in [4.78, 5) is 33.5. The van der Waals surface area contributed by atoms with Gasteiger partial charge in [0.15, 0.2) is 6.61 Å². The van der Waals surface area contributed by atoms with E-state index in [9.17, 15) is 18.8 Å². The van der Waals surface area contributed by atoms with Gasteiger partial charge in [-0.2, -0.15) is 0 Å². The fraction of sp³-hybridized carbons (Fsp3) is 0.438. The number of benzene rings is 1. The first-order valence-electron chi connectivity index (χ1n) is 7.63. The van der Waals surface area contributed by atoms with Gasteiger partial charge < -0.3 is 21.1 Å². The summed E-state index contributed by atoms with van der Waals surface area (Å²) in [6.45, 7) is 1.73. The number of primary amides is 1. The van der Waals surface area contributed by atoms with Crippen molar-refractivity contribution in [3.63, 3.8) is 0 Å². The summed E-state index contributed by atoms with van der Waals surface area (Å²) in [7, 11) is 0. The molecule has 0 aliphatic carbocycles. The van der Waals surface area contributed by atoms with Gasteiger partial charge in [0.05, 0.1) is 5.69 Å². The Bertz CT molecular complexity index is 593. The minimum absolute atomic E-state index is 0.0450. The third kappa shape index (κ3) is 8.11. The van der Waals surface area contributed by atoms with E-state index in [1.165, 1.54) is 12.1 Å². The molecule has 4 N–H and O–H groups in total. The van der Waals surface area contributed by atoms with E-state index in [0.29, 0.717) is 19.4 Å². The number of rotatable bonds is 9. The van der Waals surface area contributed by atoms with E-state index >= 15 is 0 Å². The van der Waals surface area contributed by atoms with Crippen molar-refractivity contribution in [2.75, 3.05) is 18.5 Å². The number of hydrogen-bond donors (Lipinski definition) is 3. The molecule has 0 aliphatic heterocycles. The lowest BCUT2D eigenvalue weighted by Crippen LogP contribution is -2.29. The summed E-state index contributed by atoms with van der Waals surface area (Å²) in [5, 5.41) is 4.79. The standard InChI is InChI=1S/C16H22FN3O4/c1-11-6-7-13(12(17)9-11)20-14(21)10-24-15(22)5-3-2-4-8-19-16(18)23/h6-7,9H,2-5,8,10H2,1H3,(H,20,21)(H3,18,19,23). The summed E-state index contributed by atoms with van der Waals surface area (Å²) in [5.41, 5.74) is 5.69. The van der Waals surface area contributed by atoms with Crippen LogP contribution in [0.2, 0.25) is 0 Å². The highest BCUT2D eigenvalue weighted by Gasteiger charge is 2.10. The largest absolute Gasteiger partial charge is 0.456 e. The van der Waals surface area contributed by atoms with E-state index in [1.54, 1.807) is 13.0 Å². The van der Waals surface area contributed by atoms with Crippen LogP contribution in [0, 0.1) is 12.7 Å². The highest BCUT2D eigenvalue weighted by Crippen LogP contribution is 2.15. The molecule has 0 aromatic heterocycles. The van der Waals surface area contributed by atoms with Gasteiger partial charge in [0, 0.05) is 13.0 Å². The number of ether oxygens (including phenoxy) is 1. The van der Waals surface area contributed by atoms with E-state index in [0.717, 1.165) is 12.0 Å². The average molecular weight is 339 g/mol. The lowest BCUT2D eigenvalue weighted by atomic mass is 10.2. The molecular formula is C16H22FN3O4. The number of halogens is 1. The molecule has 1 rings (SSSR count). The molecule has 132 valence electrons. The number of nitrogens with one attached hydrogen (secondary N) is 2. The van der Waals surface area contributed by atoms with Gasteiger partial charge in [-0.1, -0.05) is 12.5 Å². The summed E-state index contributed by atoms with van der Waals surface area (Å²) in [5.74, 6) is -1.65. The third-order valence-corrected chi connectivity index (χ3v) is 3.12. The Hall–Kier alpha value is -2.64. The van der Waals surface area contributed by atoms with Gasteiger partial charge >= 0.3 is 12.0 Å². The monoisotopic (exact) mass is 339 g/mol. The Balaban J connectivity index is 2.17. The number of carbonyl (C=O) groups excluding carboxylic acids is 3. The fourth-order valence-corrected chi connectivity index (χ4v) is 1.91. The predicted octanol–water partition coefficient (Wildman–Crippen LogP) is 1.84. The van der Waals surface area contributed by atoms with Crippen molar-refractivity contribution in [1.82, 2.24) is 5.32 Å². The second kappa shape index (κ2) is 10.2. The minimum Gasteiger partial charge on any atom is -0.456 e. The Morgan fingerprint density at radius 1 is 1.21 bits per heavy atom. The van der Waals surface area contributed by atoms with Gasteiger partial charge in [-0.3, -0.25) is 9.59 Å². The summed E-state index contributed by atoms with van der Waals surface area (Å²) in [6, 6.07) is 3.84. The van der Waals surface area contributed by atoms with Crippen molar-refractivity contribution in [3.05, 3.63) is 29.6 Å². The zero-order valence-electron chi connectivity index (χ0n) is 13.6. The van der Waals surface area contributed by atoms with Crippen molar-refractivity contribution in [1.29, 1.82) is 0 Å². The number of amides is 3. The van der Waals surface area contributed by atoms with Crippen LogP contribution < -0.4 is 16.4 Å². The minimum atomic E-state index is -0.600. The van der Waals surface area contributed by atoms with Crippen LogP contribution in [0.15, 0.2) is 18.2 Å². The van der Waals surface area contributed by atoms with Crippen molar-refractivity contribution in [2.45, 2.75) is 32.6 Å². The first kappa shape index (κ1) is 19.4. The molecule has 0 bridgehead atoms. The van der Waals surface area contributed by atoms with Gasteiger partial charge in [-0.15, -0.1) is 0 Å². The molecule has 0 saturated carbocycles. The summed E-state index contributed by atoms with van der Waals surface area (Å²) >= 11 is 0. The molecule has 0 radical (unpaired) electrons. The lowest BCUT2D eigenvalue weighted by molar-refractivity contribution is -0.147. The van der Waals surface area contributed by atoms with Gasteiger partial charge in [0.1, 0.15) is 5.82 Å². The molecule has 8 heteroatoms. The molecule has 1 aromatic carbocycles. The van der Waals surface area contributed by atoms with Gasteiger partial charge in [0.2, 0.25) is 0 Å². The molecule has 0 saturated heterocycles. The maximum Gasteiger partial charge on any atom is 0.312 e. The second-order valence-corrected chi connectivity index (χ2v) is 5.29. The van der Waals surface area contributed by atoms with Crippen LogP contribution in [-0.4, -0.2) is 31.1 Å². The summed E-state index contributed by atoms with van der Waals surface area (Å²) < 4.78 is 18.4. The van der Waals surface area contributed by atoms with Crippen LogP contribution in [0.25, 0.3) is 0 Å². The van der Waals surface area contributed by atoms with Crippen LogP contribution in [0.1, 0.15) is 31.2 Å². The SMILES string of the molecule is Cc1ccc(NC(=O)COC(=O)CCCCCNC(N)=O)c(F)c1. The van der Waals surface area contributed by atoms with Crippen molar-refractivity contribution in [2.24, 2.45) is 5.73 Å². The number of unbranched alkanes of at least 4 members (excludes halogenated alkanes) is 2. The Morgan fingerprint density at radius 2 is 1.96 bits per heavy atom. The van der Waals surface area contributed by atoms with Gasteiger partial charge in [-0.05, 0) is 37.5 Å². The lowest BCUT2D eigenvalue weighted by Gasteiger charge is -2.08. The first-order valence-corrected chi connectivity index (χ1v) is 7.63. The van der Waals surface area contributed by atoms with E-state index in [1.807, 2.05) is 0 Å². The maximum atomic E-state index is 13.6. The smallest absolute Gasteiger partial charge is 0.312 e. The quantitative estimate of drug-likeness (QED) is 0.471. The first-order chi connectivity index (χ1) is 11.4. The summed E-state index contributed by atoms with van der Waals surface area (Å²) in [6.07, 6.45) is 2.16.